The normalized spacial score (nSPS) is 9.58. The summed E-state index contributed by atoms with van der Waals surface area (Å²) in [5.41, 5.74) is 0.238. The summed E-state index contributed by atoms with van der Waals surface area (Å²) in [6, 6.07) is 4.05. The predicted octanol–water partition coefficient (Wildman–Crippen LogP) is 2.22. The Balaban J connectivity index is 3.08. The van der Waals surface area contributed by atoms with Gasteiger partial charge >= 0.3 is 5.97 Å². The van der Waals surface area contributed by atoms with Crippen molar-refractivity contribution >= 4 is 28.6 Å². The van der Waals surface area contributed by atoms with E-state index in [0.29, 0.717) is 3.57 Å². The maximum atomic E-state index is 12.7. The first-order chi connectivity index (χ1) is 5.63. The molecule has 1 aromatic rings. The molecule has 0 bridgehead atoms. The van der Waals surface area contributed by atoms with E-state index in [1.54, 1.807) is 6.07 Å². The minimum Gasteiger partial charge on any atom is -0.465 e. The van der Waals surface area contributed by atoms with Crippen LogP contribution in [-0.4, -0.2) is 13.1 Å². The molecule has 0 fully saturated rings. The Kier molecular flexibility index (Phi) is 3.02. The van der Waals surface area contributed by atoms with Crippen molar-refractivity contribution in [2.75, 3.05) is 7.11 Å². The molecule has 2 nitrogen and oxygen atoms in total. The summed E-state index contributed by atoms with van der Waals surface area (Å²) in [6.45, 7) is 0. The molecule has 0 N–H and O–H groups in total. The molecule has 1 rings (SSSR count). The number of hydrogen-bond donors (Lipinski definition) is 0. The Morgan fingerprint density at radius 1 is 1.50 bits per heavy atom. The molecule has 0 spiro atoms. The molecule has 0 amide bonds. The number of benzene rings is 1. The fourth-order valence-corrected chi connectivity index (χ4v) is 1.42. The fraction of sp³-hybridized carbons (Fsp3) is 0.125. The smallest absolute Gasteiger partial charge is 0.337 e. The van der Waals surface area contributed by atoms with E-state index >= 15 is 0 Å². The Morgan fingerprint density at radius 2 is 2.17 bits per heavy atom. The molecule has 12 heavy (non-hydrogen) atoms. The third-order valence-corrected chi connectivity index (χ3v) is 1.91. The molecule has 0 saturated carbocycles. The van der Waals surface area contributed by atoms with E-state index in [2.05, 4.69) is 4.74 Å². The van der Waals surface area contributed by atoms with Gasteiger partial charge in [0.25, 0.3) is 0 Å². The third kappa shape index (κ3) is 2.17. The van der Waals surface area contributed by atoms with Crippen LogP contribution in [0.5, 0.6) is 0 Å². The minimum absolute atomic E-state index is 0.238. The molecule has 0 aliphatic rings. The lowest BCUT2D eigenvalue weighted by molar-refractivity contribution is 0.0600. The van der Waals surface area contributed by atoms with Gasteiger partial charge in [0, 0.05) is 3.57 Å². The second-order valence-corrected chi connectivity index (χ2v) is 3.40. The maximum absolute atomic E-state index is 12.7. The number of hydrogen-bond acceptors (Lipinski definition) is 2. The van der Waals surface area contributed by atoms with E-state index in [0.717, 1.165) is 6.07 Å². The summed E-state index contributed by atoms with van der Waals surface area (Å²) >= 11 is 1.93. The summed E-state index contributed by atoms with van der Waals surface area (Å²) in [4.78, 5) is 10.9. The summed E-state index contributed by atoms with van der Waals surface area (Å²) in [7, 11) is 1.26. The third-order valence-electron chi connectivity index (χ3n) is 1.28. The van der Waals surface area contributed by atoms with E-state index in [9.17, 15) is 9.18 Å². The van der Waals surface area contributed by atoms with Crippen LogP contribution in [0.25, 0.3) is 0 Å². The fourth-order valence-electron chi connectivity index (χ4n) is 0.790. The first-order valence-corrected chi connectivity index (χ1v) is 4.26. The first kappa shape index (κ1) is 9.44. The Bertz CT molecular complexity index is 292. The van der Waals surface area contributed by atoms with Gasteiger partial charge < -0.3 is 4.74 Å². The van der Waals surface area contributed by atoms with Crippen molar-refractivity contribution in [2.24, 2.45) is 0 Å². The molecular formula is C8H6FIO2. The maximum Gasteiger partial charge on any atom is 0.337 e. The summed E-state index contributed by atoms with van der Waals surface area (Å²) < 4.78 is 17.8. The number of esters is 1. The number of carbonyl (C=O) groups excluding carboxylic acids is 1. The number of ether oxygens (including phenoxy) is 1. The largest absolute Gasteiger partial charge is 0.465 e. The molecule has 1 aromatic carbocycles. The zero-order chi connectivity index (χ0) is 9.14. The molecule has 4 heteroatoms. The molecule has 0 radical (unpaired) electrons. The van der Waals surface area contributed by atoms with Crippen LogP contribution in [0.1, 0.15) is 10.4 Å². The quantitative estimate of drug-likeness (QED) is 0.582. The number of halogens is 2. The summed E-state index contributed by atoms with van der Waals surface area (Å²) in [5, 5.41) is 0. The van der Waals surface area contributed by atoms with Gasteiger partial charge in [-0.25, -0.2) is 9.18 Å². The van der Waals surface area contributed by atoms with Crippen molar-refractivity contribution < 1.29 is 13.9 Å². The molecule has 0 atom stereocenters. The van der Waals surface area contributed by atoms with Crippen molar-refractivity contribution in [1.82, 2.24) is 0 Å². The Labute approximate surface area is 82.9 Å². The minimum atomic E-state index is -0.521. The van der Waals surface area contributed by atoms with Crippen LogP contribution in [0.3, 0.4) is 0 Å². The van der Waals surface area contributed by atoms with Gasteiger partial charge in [-0.05, 0) is 40.8 Å². The first-order valence-electron chi connectivity index (χ1n) is 3.18. The second-order valence-electron chi connectivity index (χ2n) is 2.15. The molecule has 0 saturated heterocycles. The highest BCUT2D eigenvalue weighted by Crippen LogP contribution is 2.11. The van der Waals surface area contributed by atoms with Crippen LogP contribution in [-0.2, 0) is 4.74 Å². The molecule has 64 valence electrons. The van der Waals surface area contributed by atoms with E-state index in [-0.39, 0.29) is 5.56 Å². The monoisotopic (exact) mass is 280 g/mol. The molecule has 0 aromatic heterocycles. The van der Waals surface area contributed by atoms with Crippen molar-refractivity contribution in [3.8, 4) is 0 Å². The zero-order valence-electron chi connectivity index (χ0n) is 6.30. The van der Waals surface area contributed by atoms with Gasteiger partial charge in [0.1, 0.15) is 5.82 Å². The lowest BCUT2D eigenvalue weighted by Crippen LogP contribution is -2.01. The van der Waals surface area contributed by atoms with Crippen LogP contribution >= 0.6 is 22.6 Å². The molecule has 0 heterocycles. The van der Waals surface area contributed by atoms with Crippen LogP contribution in [0.4, 0.5) is 4.39 Å². The van der Waals surface area contributed by atoms with Crippen molar-refractivity contribution in [2.45, 2.75) is 0 Å². The average molecular weight is 280 g/mol. The van der Waals surface area contributed by atoms with Crippen LogP contribution in [0, 0.1) is 9.39 Å². The van der Waals surface area contributed by atoms with Gasteiger partial charge in [0.2, 0.25) is 0 Å². The van der Waals surface area contributed by atoms with Crippen LogP contribution < -0.4 is 0 Å². The van der Waals surface area contributed by atoms with Crippen molar-refractivity contribution in [3.05, 3.63) is 33.1 Å². The summed E-state index contributed by atoms with van der Waals surface area (Å²) in [5.74, 6) is -0.949. The van der Waals surface area contributed by atoms with Crippen LogP contribution in [0.2, 0.25) is 0 Å². The summed E-state index contributed by atoms with van der Waals surface area (Å²) in [6.07, 6.45) is 0. The highest BCUT2D eigenvalue weighted by molar-refractivity contribution is 14.1. The number of rotatable bonds is 1. The van der Waals surface area contributed by atoms with Gasteiger partial charge in [-0.1, -0.05) is 0 Å². The predicted molar refractivity (Wildman–Crippen MR) is 50.5 cm³/mol. The Hall–Kier alpha value is -0.650. The van der Waals surface area contributed by atoms with E-state index in [4.69, 9.17) is 0 Å². The van der Waals surface area contributed by atoms with Crippen molar-refractivity contribution in [3.63, 3.8) is 0 Å². The van der Waals surface area contributed by atoms with Gasteiger partial charge in [-0.3, -0.25) is 0 Å². The van der Waals surface area contributed by atoms with Crippen molar-refractivity contribution in [1.29, 1.82) is 0 Å². The SMILES string of the molecule is COC(=O)c1cc(F)cc(I)c1. The zero-order valence-corrected chi connectivity index (χ0v) is 8.46. The highest BCUT2D eigenvalue weighted by Gasteiger charge is 2.07. The lowest BCUT2D eigenvalue weighted by atomic mass is 10.2. The Morgan fingerprint density at radius 3 is 2.67 bits per heavy atom. The lowest BCUT2D eigenvalue weighted by Gasteiger charge is -1.99. The second kappa shape index (κ2) is 3.84. The average Bonchev–Trinajstić information content (AvgIpc) is 2.01. The molecular weight excluding hydrogens is 274 g/mol. The van der Waals surface area contributed by atoms with E-state index < -0.39 is 11.8 Å². The highest BCUT2D eigenvalue weighted by atomic mass is 127. The van der Waals surface area contributed by atoms with E-state index in [1.807, 2.05) is 22.6 Å². The molecule has 0 unspecified atom stereocenters. The topological polar surface area (TPSA) is 26.3 Å². The van der Waals surface area contributed by atoms with Gasteiger partial charge in [-0.2, -0.15) is 0 Å². The van der Waals surface area contributed by atoms with Gasteiger partial charge in [-0.15, -0.1) is 0 Å². The molecule has 0 aliphatic carbocycles. The standard InChI is InChI=1S/C8H6FIO2/c1-12-8(11)5-2-6(9)4-7(10)3-5/h2-4H,1H3. The van der Waals surface area contributed by atoms with Gasteiger partial charge in [0.15, 0.2) is 0 Å². The molecule has 0 aliphatic heterocycles. The van der Waals surface area contributed by atoms with Crippen LogP contribution in [0.15, 0.2) is 18.2 Å². The number of methoxy groups -OCH3 is 1. The van der Waals surface area contributed by atoms with E-state index in [1.165, 1.54) is 13.2 Å². The number of carbonyl (C=O) groups is 1. The van der Waals surface area contributed by atoms with Gasteiger partial charge in [0.05, 0.1) is 12.7 Å².